The Balaban J connectivity index is 3.51. The molecule has 0 aliphatic heterocycles. The van der Waals surface area contributed by atoms with Gasteiger partial charge in [-0.05, 0) is 0 Å². The van der Waals surface area contributed by atoms with Crippen LogP contribution in [0.3, 0.4) is 0 Å². The van der Waals surface area contributed by atoms with Crippen molar-refractivity contribution in [3.63, 3.8) is 0 Å². The first kappa shape index (κ1) is 15.6. The molecule has 16 heavy (non-hydrogen) atoms. The number of carbonyl (C=O) groups is 2. The molecule has 0 aromatic heterocycles. The van der Waals surface area contributed by atoms with Crippen LogP contribution in [0.25, 0.3) is 0 Å². The van der Waals surface area contributed by atoms with Crippen LogP contribution in [0.2, 0.25) is 0 Å². The highest BCUT2D eigenvalue weighted by Crippen LogP contribution is 2.14. The molecule has 0 heterocycles. The smallest absolute Gasteiger partial charge is 0.217 e. The van der Waals surface area contributed by atoms with Gasteiger partial charge in [0.2, 0.25) is 11.8 Å². The normalized spacial score (nSPS) is 11.9. The molecule has 94 valence electrons. The first-order chi connectivity index (χ1) is 7.56. The fourth-order valence-electron chi connectivity index (χ4n) is 0.758. The van der Waals surface area contributed by atoms with Crippen molar-refractivity contribution in [3.05, 3.63) is 0 Å². The van der Waals surface area contributed by atoms with Gasteiger partial charge >= 0.3 is 0 Å². The van der Waals surface area contributed by atoms with Crippen LogP contribution in [0.5, 0.6) is 0 Å². The lowest BCUT2D eigenvalue weighted by atomic mass is 10.5. The Hall–Kier alpha value is -0.400. The molecule has 0 radical (unpaired) electrons. The molecule has 7 heteroatoms. The number of aliphatic hydroxyl groups is 1. The summed E-state index contributed by atoms with van der Waals surface area (Å²) >= 11 is 3.04. The maximum Gasteiger partial charge on any atom is 0.217 e. The highest BCUT2D eigenvalue weighted by Gasteiger charge is 2.08. The molecule has 0 bridgehead atoms. The summed E-state index contributed by atoms with van der Waals surface area (Å²) in [7, 11) is 0. The van der Waals surface area contributed by atoms with Crippen molar-refractivity contribution in [2.45, 2.75) is 19.1 Å². The fourth-order valence-corrected chi connectivity index (χ4v) is 2.85. The summed E-state index contributed by atoms with van der Waals surface area (Å²) in [6.45, 7) is 2.99. The number of carbonyl (C=O) groups excluding carboxylic acids is 2. The second-order valence-electron chi connectivity index (χ2n) is 3.10. The van der Waals surface area contributed by atoms with Crippen LogP contribution >= 0.6 is 23.5 Å². The number of thioether (sulfide) groups is 2. The van der Waals surface area contributed by atoms with E-state index in [2.05, 4.69) is 10.6 Å². The van der Waals surface area contributed by atoms with Crippen molar-refractivity contribution in [2.24, 2.45) is 0 Å². The van der Waals surface area contributed by atoms with E-state index >= 15 is 0 Å². The van der Waals surface area contributed by atoms with Crippen molar-refractivity contribution in [2.75, 3.05) is 24.1 Å². The van der Waals surface area contributed by atoms with Gasteiger partial charge in [0.25, 0.3) is 0 Å². The van der Waals surface area contributed by atoms with Crippen LogP contribution in [0, 0.1) is 0 Å². The van der Waals surface area contributed by atoms with Gasteiger partial charge in [-0.25, -0.2) is 0 Å². The molecular weight excluding hydrogens is 248 g/mol. The minimum atomic E-state index is -0.0740. The molecule has 1 atom stereocenters. The number of rotatable bonds is 8. The monoisotopic (exact) mass is 266 g/mol. The Kier molecular flexibility index (Phi) is 9.55. The van der Waals surface area contributed by atoms with Crippen molar-refractivity contribution in [3.8, 4) is 0 Å². The minimum absolute atomic E-state index is 0.0565. The van der Waals surface area contributed by atoms with Crippen molar-refractivity contribution in [1.29, 1.82) is 0 Å². The summed E-state index contributed by atoms with van der Waals surface area (Å²) in [5.41, 5.74) is 0. The summed E-state index contributed by atoms with van der Waals surface area (Å²) in [5, 5.41) is 14.5. The van der Waals surface area contributed by atoms with E-state index in [0.29, 0.717) is 11.8 Å². The molecule has 0 aliphatic rings. The maximum atomic E-state index is 10.6. The van der Waals surface area contributed by atoms with Crippen LogP contribution in [-0.2, 0) is 9.59 Å². The molecule has 0 rings (SSSR count). The van der Waals surface area contributed by atoms with Gasteiger partial charge in [0.1, 0.15) is 0 Å². The molecule has 0 aromatic rings. The zero-order chi connectivity index (χ0) is 12.4. The summed E-state index contributed by atoms with van der Waals surface area (Å²) in [5.74, 6) is 1.66. The molecule has 0 aliphatic carbocycles. The van der Waals surface area contributed by atoms with E-state index in [9.17, 15) is 9.59 Å². The fraction of sp³-hybridized carbons (Fsp3) is 0.778. The predicted octanol–water partition coefficient (Wildman–Crippen LogP) is 0.000900. The lowest BCUT2D eigenvalue weighted by Gasteiger charge is -2.13. The second kappa shape index (κ2) is 9.80. The summed E-state index contributed by atoms with van der Waals surface area (Å²) in [6, 6.07) is 0. The second-order valence-corrected chi connectivity index (χ2v) is 5.42. The molecule has 0 spiro atoms. The Labute approximate surface area is 104 Å². The lowest BCUT2D eigenvalue weighted by Crippen LogP contribution is -2.24. The van der Waals surface area contributed by atoms with Crippen molar-refractivity contribution < 1.29 is 14.7 Å². The largest absolute Gasteiger partial charge is 0.395 e. The van der Waals surface area contributed by atoms with E-state index < -0.39 is 0 Å². The maximum absolute atomic E-state index is 10.6. The molecule has 0 saturated heterocycles. The average Bonchev–Trinajstić information content (AvgIpc) is 2.20. The van der Waals surface area contributed by atoms with Gasteiger partial charge in [0, 0.05) is 24.9 Å². The SMILES string of the molecule is CC(=O)NCSCC(CO)SCNC(C)=O. The number of hydrogen-bond donors (Lipinski definition) is 3. The average molecular weight is 266 g/mol. The molecular formula is C9H18N2O3S2. The summed E-state index contributed by atoms with van der Waals surface area (Å²) in [4.78, 5) is 21.2. The zero-order valence-electron chi connectivity index (χ0n) is 9.49. The molecule has 3 N–H and O–H groups in total. The topological polar surface area (TPSA) is 78.4 Å². The third-order valence-corrected chi connectivity index (χ3v) is 3.87. The number of amides is 2. The Morgan fingerprint density at radius 1 is 1.19 bits per heavy atom. The Morgan fingerprint density at radius 3 is 2.25 bits per heavy atom. The van der Waals surface area contributed by atoms with Crippen LogP contribution in [0.1, 0.15) is 13.8 Å². The van der Waals surface area contributed by atoms with E-state index in [1.54, 1.807) is 11.8 Å². The van der Waals surface area contributed by atoms with E-state index in [4.69, 9.17) is 5.11 Å². The van der Waals surface area contributed by atoms with Crippen LogP contribution in [0.4, 0.5) is 0 Å². The third-order valence-electron chi connectivity index (χ3n) is 1.57. The molecule has 1 unspecified atom stereocenters. The van der Waals surface area contributed by atoms with Gasteiger partial charge in [-0.15, -0.1) is 23.5 Å². The van der Waals surface area contributed by atoms with E-state index in [0.717, 1.165) is 5.75 Å². The summed E-state index contributed by atoms with van der Waals surface area (Å²) in [6.07, 6.45) is 0. The number of aliphatic hydroxyl groups excluding tert-OH is 1. The van der Waals surface area contributed by atoms with E-state index in [-0.39, 0.29) is 23.7 Å². The highest BCUT2D eigenvalue weighted by molar-refractivity contribution is 8.03. The molecule has 0 fully saturated rings. The summed E-state index contributed by atoms with van der Waals surface area (Å²) < 4.78 is 0. The van der Waals surface area contributed by atoms with Crippen molar-refractivity contribution >= 4 is 35.3 Å². The minimum Gasteiger partial charge on any atom is -0.395 e. The quantitative estimate of drug-likeness (QED) is 0.426. The van der Waals surface area contributed by atoms with Crippen LogP contribution in [0.15, 0.2) is 0 Å². The van der Waals surface area contributed by atoms with Crippen LogP contribution < -0.4 is 10.6 Å². The van der Waals surface area contributed by atoms with E-state index in [1.165, 1.54) is 25.6 Å². The van der Waals surface area contributed by atoms with Crippen molar-refractivity contribution in [1.82, 2.24) is 10.6 Å². The standard InChI is InChI=1S/C9H18N2O3S2/c1-7(13)10-5-15-4-9(3-12)16-6-11-8(2)14/h9,12H,3-6H2,1-2H3,(H,10,13)(H,11,14). The Morgan fingerprint density at radius 2 is 1.75 bits per heavy atom. The van der Waals surface area contributed by atoms with Gasteiger partial charge in [-0.2, -0.15) is 0 Å². The third kappa shape index (κ3) is 10.1. The predicted molar refractivity (Wildman–Crippen MR) is 68.3 cm³/mol. The number of nitrogens with one attached hydrogen (secondary N) is 2. The van der Waals surface area contributed by atoms with Gasteiger partial charge in [0.15, 0.2) is 0 Å². The lowest BCUT2D eigenvalue weighted by molar-refractivity contribution is -0.119. The number of hydrogen-bond acceptors (Lipinski definition) is 5. The van der Waals surface area contributed by atoms with E-state index in [1.807, 2.05) is 0 Å². The van der Waals surface area contributed by atoms with Gasteiger partial charge in [-0.3, -0.25) is 9.59 Å². The molecule has 5 nitrogen and oxygen atoms in total. The van der Waals surface area contributed by atoms with Gasteiger partial charge < -0.3 is 15.7 Å². The first-order valence-corrected chi connectivity index (χ1v) is 7.05. The molecule has 0 saturated carbocycles. The van der Waals surface area contributed by atoms with Crippen LogP contribution in [-0.4, -0.2) is 46.3 Å². The zero-order valence-corrected chi connectivity index (χ0v) is 11.1. The molecule has 0 aromatic carbocycles. The Bertz CT molecular complexity index is 227. The van der Waals surface area contributed by atoms with Gasteiger partial charge in [0.05, 0.1) is 18.4 Å². The van der Waals surface area contributed by atoms with Gasteiger partial charge in [-0.1, -0.05) is 0 Å². The molecule has 2 amide bonds. The first-order valence-electron chi connectivity index (χ1n) is 4.85. The highest BCUT2D eigenvalue weighted by atomic mass is 32.2.